The lowest BCUT2D eigenvalue weighted by atomic mass is 10.2. The molecule has 1 rings (SSSR count). The third-order valence-electron chi connectivity index (χ3n) is 2.04. The molecule has 0 unspecified atom stereocenters. The Hall–Kier alpha value is -2.01. The van der Waals surface area contributed by atoms with Gasteiger partial charge in [-0.25, -0.2) is 0 Å². The first-order valence-electron chi connectivity index (χ1n) is 5.05. The molecule has 0 aliphatic carbocycles. The molecule has 6 heteroatoms. The minimum Gasteiger partial charge on any atom is -0.495 e. The SMILES string of the molecule is COc1cccc(/C=C/C(=O)NCC(=O)O)c1Cl. The lowest BCUT2D eigenvalue weighted by molar-refractivity contribution is -0.137. The van der Waals surface area contributed by atoms with Crippen molar-refractivity contribution < 1.29 is 19.4 Å². The molecule has 0 atom stereocenters. The van der Waals surface area contributed by atoms with E-state index in [1.54, 1.807) is 18.2 Å². The number of hydrogen-bond acceptors (Lipinski definition) is 3. The van der Waals surface area contributed by atoms with Crippen LogP contribution in [0, 0.1) is 0 Å². The molecular weight excluding hydrogens is 258 g/mol. The van der Waals surface area contributed by atoms with Crippen molar-refractivity contribution in [2.24, 2.45) is 0 Å². The zero-order valence-electron chi connectivity index (χ0n) is 9.64. The molecule has 0 aromatic heterocycles. The zero-order valence-corrected chi connectivity index (χ0v) is 10.4. The van der Waals surface area contributed by atoms with E-state index in [1.807, 2.05) is 0 Å². The highest BCUT2D eigenvalue weighted by Gasteiger charge is 2.04. The maximum atomic E-state index is 11.3. The van der Waals surface area contributed by atoms with E-state index in [4.69, 9.17) is 21.4 Å². The topological polar surface area (TPSA) is 75.6 Å². The van der Waals surface area contributed by atoms with Gasteiger partial charge in [0.15, 0.2) is 0 Å². The lowest BCUT2D eigenvalue weighted by Crippen LogP contribution is -2.27. The Kier molecular flexibility index (Phi) is 5.20. The monoisotopic (exact) mass is 269 g/mol. The molecule has 0 bridgehead atoms. The Morgan fingerprint density at radius 1 is 1.50 bits per heavy atom. The third kappa shape index (κ3) is 4.10. The van der Waals surface area contributed by atoms with Crippen LogP contribution >= 0.6 is 11.6 Å². The number of rotatable bonds is 5. The molecule has 96 valence electrons. The fourth-order valence-electron chi connectivity index (χ4n) is 1.20. The van der Waals surface area contributed by atoms with Gasteiger partial charge in [0.2, 0.25) is 5.91 Å². The molecule has 0 fully saturated rings. The van der Waals surface area contributed by atoms with E-state index in [0.29, 0.717) is 16.3 Å². The second-order valence-electron chi connectivity index (χ2n) is 3.31. The number of benzene rings is 1. The van der Waals surface area contributed by atoms with Gasteiger partial charge in [0.1, 0.15) is 12.3 Å². The minimum atomic E-state index is -1.10. The van der Waals surface area contributed by atoms with Gasteiger partial charge in [-0.2, -0.15) is 0 Å². The van der Waals surface area contributed by atoms with E-state index in [0.717, 1.165) is 0 Å². The predicted octanol–water partition coefficient (Wildman–Crippen LogP) is 1.56. The van der Waals surface area contributed by atoms with Crippen LogP contribution in [-0.4, -0.2) is 30.6 Å². The smallest absolute Gasteiger partial charge is 0.322 e. The summed E-state index contributed by atoms with van der Waals surface area (Å²) in [5, 5.41) is 11.0. The average molecular weight is 270 g/mol. The fourth-order valence-corrected chi connectivity index (χ4v) is 1.47. The van der Waals surface area contributed by atoms with Crippen LogP contribution in [0.25, 0.3) is 6.08 Å². The third-order valence-corrected chi connectivity index (χ3v) is 2.45. The van der Waals surface area contributed by atoms with Gasteiger partial charge in [-0.3, -0.25) is 9.59 Å². The van der Waals surface area contributed by atoms with Crippen molar-refractivity contribution in [1.29, 1.82) is 0 Å². The highest BCUT2D eigenvalue weighted by atomic mass is 35.5. The van der Waals surface area contributed by atoms with Crippen LogP contribution in [0.4, 0.5) is 0 Å². The molecule has 0 aliphatic heterocycles. The summed E-state index contributed by atoms with van der Waals surface area (Å²) in [4.78, 5) is 21.5. The van der Waals surface area contributed by atoms with Crippen molar-refractivity contribution in [2.75, 3.05) is 13.7 Å². The molecular formula is C12H12ClNO4. The average Bonchev–Trinajstić information content (AvgIpc) is 2.35. The fraction of sp³-hybridized carbons (Fsp3) is 0.167. The molecule has 0 heterocycles. The van der Waals surface area contributed by atoms with Gasteiger partial charge in [0.25, 0.3) is 0 Å². The number of ether oxygens (including phenoxy) is 1. The van der Waals surface area contributed by atoms with Gasteiger partial charge in [0.05, 0.1) is 12.1 Å². The summed E-state index contributed by atoms with van der Waals surface area (Å²) in [5.74, 6) is -1.10. The number of carboxylic acids is 1. The van der Waals surface area contributed by atoms with E-state index in [9.17, 15) is 9.59 Å². The van der Waals surface area contributed by atoms with E-state index >= 15 is 0 Å². The molecule has 5 nitrogen and oxygen atoms in total. The number of aliphatic carboxylic acids is 1. The van der Waals surface area contributed by atoms with Crippen molar-refractivity contribution in [3.63, 3.8) is 0 Å². The van der Waals surface area contributed by atoms with Crippen LogP contribution in [0.3, 0.4) is 0 Å². The van der Waals surface area contributed by atoms with Gasteiger partial charge >= 0.3 is 5.97 Å². The van der Waals surface area contributed by atoms with E-state index in [2.05, 4.69) is 5.32 Å². The quantitative estimate of drug-likeness (QED) is 0.796. The van der Waals surface area contributed by atoms with Crippen LogP contribution < -0.4 is 10.1 Å². The Morgan fingerprint density at radius 2 is 2.22 bits per heavy atom. The van der Waals surface area contributed by atoms with Gasteiger partial charge in [0, 0.05) is 6.08 Å². The normalized spacial score (nSPS) is 10.3. The first-order valence-corrected chi connectivity index (χ1v) is 5.42. The Labute approximate surface area is 109 Å². The van der Waals surface area contributed by atoms with Crippen molar-refractivity contribution in [2.45, 2.75) is 0 Å². The summed E-state index contributed by atoms with van der Waals surface area (Å²) >= 11 is 6.02. The molecule has 0 saturated carbocycles. The van der Waals surface area contributed by atoms with E-state index < -0.39 is 18.4 Å². The Bertz CT molecular complexity index is 485. The summed E-state index contributed by atoms with van der Waals surface area (Å²) in [5.41, 5.74) is 0.612. The molecule has 0 saturated heterocycles. The number of amides is 1. The number of carbonyl (C=O) groups is 2. The number of methoxy groups -OCH3 is 1. The van der Waals surface area contributed by atoms with Crippen molar-refractivity contribution in [1.82, 2.24) is 5.32 Å². The first-order chi connectivity index (χ1) is 8.54. The van der Waals surface area contributed by atoms with E-state index in [-0.39, 0.29) is 0 Å². The Balaban J connectivity index is 2.72. The summed E-state index contributed by atoms with van der Waals surface area (Å²) < 4.78 is 5.03. The van der Waals surface area contributed by atoms with Crippen LogP contribution in [0.2, 0.25) is 5.02 Å². The molecule has 0 aliphatic rings. The van der Waals surface area contributed by atoms with Crippen LogP contribution in [0.15, 0.2) is 24.3 Å². The van der Waals surface area contributed by atoms with Gasteiger partial charge < -0.3 is 15.2 Å². The van der Waals surface area contributed by atoms with E-state index in [1.165, 1.54) is 19.3 Å². The van der Waals surface area contributed by atoms with Crippen LogP contribution in [0.5, 0.6) is 5.75 Å². The number of halogens is 1. The van der Waals surface area contributed by atoms with Crippen LogP contribution in [0.1, 0.15) is 5.56 Å². The van der Waals surface area contributed by atoms with Crippen molar-refractivity contribution in [3.05, 3.63) is 34.9 Å². The summed E-state index contributed by atoms with van der Waals surface area (Å²) in [6.45, 7) is -0.422. The van der Waals surface area contributed by atoms with Gasteiger partial charge in [-0.1, -0.05) is 23.7 Å². The second kappa shape index (κ2) is 6.66. The molecule has 1 aromatic rings. The number of hydrogen-bond donors (Lipinski definition) is 2. The molecule has 2 N–H and O–H groups in total. The molecule has 0 spiro atoms. The zero-order chi connectivity index (χ0) is 13.5. The lowest BCUT2D eigenvalue weighted by Gasteiger charge is -2.04. The van der Waals surface area contributed by atoms with Gasteiger partial charge in [-0.05, 0) is 17.7 Å². The molecule has 18 heavy (non-hydrogen) atoms. The predicted molar refractivity (Wildman–Crippen MR) is 67.7 cm³/mol. The van der Waals surface area contributed by atoms with Crippen LogP contribution in [-0.2, 0) is 9.59 Å². The standard InChI is InChI=1S/C12H12ClNO4/c1-18-9-4-2-3-8(12(9)13)5-6-10(15)14-7-11(16)17/h2-6H,7H2,1H3,(H,14,15)(H,16,17)/b6-5+. The summed E-state index contributed by atoms with van der Waals surface area (Å²) in [6.07, 6.45) is 2.70. The maximum absolute atomic E-state index is 11.3. The first kappa shape index (κ1) is 14.1. The summed E-state index contributed by atoms with van der Waals surface area (Å²) in [6, 6.07) is 5.15. The largest absolute Gasteiger partial charge is 0.495 e. The molecule has 0 radical (unpaired) electrons. The van der Waals surface area contributed by atoms with Crippen molar-refractivity contribution in [3.8, 4) is 5.75 Å². The van der Waals surface area contributed by atoms with Crippen molar-refractivity contribution >= 4 is 29.6 Å². The second-order valence-corrected chi connectivity index (χ2v) is 3.69. The maximum Gasteiger partial charge on any atom is 0.322 e. The number of carbonyl (C=O) groups excluding carboxylic acids is 1. The number of carboxylic acid groups (broad SMARTS) is 1. The van der Waals surface area contributed by atoms with Gasteiger partial charge in [-0.15, -0.1) is 0 Å². The highest BCUT2D eigenvalue weighted by Crippen LogP contribution is 2.28. The molecule has 1 aromatic carbocycles. The highest BCUT2D eigenvalue weighted by molar-refractivity contribution is 6.33. The summed E-state index contributed by atoms with van der Waals surface area (Å²) in [7, 11) is 1.49. The molecule has 1 amide bonds. The minimum absolute atomic E-state index is 0.391. The Morgan fingerprint density at radius 3 is 2.83 bits per heavy atom. The number of nitrogens with one attached hydrogen (secondary N) is 1.